The Bertz CT molecular complexity index is 461. The van der Waals surface area contributed by atoms with Crippen molar-refractivity contribution in [2.75, 3.05) is 6.61 Å². The van der Waals surface area contributed by atoms with E-state index >= 15 is 0 Å². The Morgan fingerprint density at radius 2 is 2.06 bits per heavy atom. The van der Waals surface area contributed by atoms with Crippen LogP contribution < -0.4 is 0 Å². The normalized spacial score (nSPS) is 15.1. The van der Waals surface area contributed by atoms with Gasteiger partial charge in [0.2, 0.25) is 5.78 Å². The molecule has 1 aromatic rings. The summed E-state index contributed by atoms with van der Waals surface area (Å²) in [6.45, 7) is 0.733. The van der Waals surface area contributed by atoms with Crippen LogP contribution in [0, 0.1) is 0 Å². The molecule has 3 nitrogen and oxygen atoms in total. The highest BCUT2D eigenvalue weighted by Crippen LogP contribution is 2.22. The van der Waals surface area contributed by atoms with Crippen LogP contribution in [-0.2, 0) is 4.74 Å². The van der Waals surface area contributed by atoms with Gasteiger partial charge in [0.15, 0.2) is 0 Å². The SMILES string of the molecule is C1=CCOC=C1.O=C1C=Nc2ccccc21. The molecule has 2 aliphatic heterocycles. The Kier molecular flexibility index (Phi) is 3.28. The zero-order valence-electron chi connectivity index (χ0n) is 8.67. The number of hydrogen-bond acceptors (Lipinski definition) is 3. The molecule has 0 aromatic heterocycles. The standard InChI is InChI=1S/C8H5NO.C5H6O/c10-8-5-9-7-4-2-1-3-6(7)8;1-2-4-6-5-3-1/h1-5H;1-4H,5H2. The molecule has 0 bridgehead atoms. The summed E-state index contributed by atoms with van der Waals surface area (Å²) in [7, 11) is 0. The van der Waals surface area contributed by atoms with Gasteiger partial charge in [0.25, 0.3) is 0 Å². The summed E-state index contributed by atoms with van der Waals surface area (Å²) < 4.78 is 4.80. The minimum Gasteiger partial charge on any atom is -0.497 e. The van der Waals surface area contributed by atoms with Gasteiger partial charge >= 0.3 is 0 Å². The fraction of sp³-hybridized carbons (Fsp3) is 0.0769. The number of aliphatic imine (C=N–C) groups is 1. The van der Waals surface area contributed by atoms with E-state index in [2.05, 4.69) is 4.99 Å². The first-order valence-corrected chi connectivity index (χ1v) is 4.98. The van der Waals surface area contributed by atoms with E-state index in [1.54, 1.807) is 12.3 Å². The molecule has 2 heterocycles. The van der Waals surface area contributed by atoms with Crippen LogP contribution in [0.25, 0.3) is 0 Å². The van der Waals surface area contributed by atoms with Crippen molar-refractivity contribution in [2.24, 2.45) is 4.99 Å². The Balaban J connectivity index is 0.000000138. The fourth-order valence-corrected chi connectivity index (χ4v) is 1.34. The van der Waals surface area contributed by atoms with Gasteiger partial charge in [-0.1, -0.05) is 18.2 Å². The highest BCUT2D eigenvalue weighted by Gasteiger charge is 2.12. The molecule has 0 unspecified atom stereocenters. The molecule has 0 N–H and O–H groups in total. The zero-order chi connectivity index (χ0) is 11.2. The van der Waals surface area contributed by atoms with Gasteiger partial charge in [-0.2, -0.15) is 0 Å². The number of hydrogen-bond donors (Lipinski definition) is 0. The summed E-state index contributed by atoms with van der Waals surface area (Å²) >= 11 is 0. The van der Waals surface area contributed by atoms with E-state index in [1.165, 1.54) is 6.21 Å². The van der Waals surface area contributed by atoms with Crippen LogP contribution in [0.2, 0.25) is 0 Å². The van der Waals surface area contributed by atoms with E-state index in [0.717, 1.165) is 12.3 Å². The van der Waals surface area contributed by atoms with E-state index in [-0.39, 0.29) is 5.78 Å². The second-order valence-electron chi connectivity index (χ2n) is 3.23. The average molecular weight is 213 g/mol. The minimum absolute atomic E-state index is 0.00981. The summed E-state index contributed by atoms with van der Waals surface area (Å²) in [6.07, 6.45) is 8.82. The van der Waals surface area contributed by atoms with Crippen molar-refractivity contribution in [2.45, 2.75) is 0 Å². The van der Waals surface area contributed by atoms with Gasteiger partial charge in [-0.15, -0.1) is 0 Å². The molecule has 0 saturated heterocycles. The first-order valence-electron chi connectivity index (χ1n) is 4.98. The maximum absolute atomic E-state index is 10.9. The molecule has 0 saturated carbocycles. The van der Waals surface area contributed by atoms with E-state index in [9.17, 15) is 4.79 Å². The smallest absolute Gasteiger partial charge is 0.206 e. The van der Waals surface area contributed by atoms with Crippen molar-refractivity contribution in [1.29, 1.82) is 0 Å². The van der Waals surface area contributed by atoms with Gasteiger partial charge in [-0.3, -0.25) is 9.79 Å². The number of nitrogens with zero attached hydrogens (tertiary/aromatic N) is 1. The van der Waals surface area contributed by atoms with Gasteiger partial charge in [-0.25, -0.2) is 0 Å². The monoisotopic (exact) mass is 213 g/mol. The number of ether oxygens (including phenoxy) is 1. The van der Waals surface area contributed by atoms with Crippen LogP contribution >= 0.6 is 0 Å². The van der Waals surface area contributed by atoms with Crippen LogP contribution in [0.5, 0.6) is 0 Å². The van der Waals surface area contributed by atoms with Crippen molar-refractivity contribution in [3.8, 4) is 0 Å². The van der Waals surface area contributed by atoms with Crippen molar-refractivity contribution in [3.63, 3.8) is 0 Å². The molecule has 2 aliphatic rings. The van der Waals surface area contributed by atoms with E-state index in [1.807, 2.05) is 36.4 Å². The lowest BCUT2D eigenvalue weighted by Gasteiger charge is -1.94. The molecule has 0 aliphatic carbocycles. The van der Waals surface area contributed by atoms with Crippen LogP contribution in [0.15, 0.2) is 53.7 Å². The first-order chi connectivity index (χ1) is 7.88. The number of carbonyl (C=O) groups is 1. The number of fused-ring (bicyclic) bond motifs is 1. The number of ketones is 1. The number of Topliss-reactive ketones (excluding diaryl/α,β-unsaturated/α-hetero) is 1. The maximum atomic E-state index is 10.9. The molecule has 0 amide bonds. The molecule has 0 spiro atoms. The van der Waals surface area contributed by atoms with Crippen molar-refractivity contribution in [1.82, 2.24) is 0 Å². The summed E-state index contributed by atoms with van der Waals surface area (Å²) in [5, 5.41) is 0. The lowest BCUT2D eigenvalue weighted by atomic mass is 10.1. The maximum Gasteiger partial charge on any atom is 0.206 e. The van der Waals surface area contributed by atoms with E-state index < -0.39 is 0 Å². The number of carbonyl (C=O) groups excluding carboxylic acids is 1. The van der Waals surface area contributed by atoms with Gasteiger partial charge < -0.3 is 4.74 Å². The Morgan fingerprint density at radius 1 is 1.19 bits per heavy atom. The van der Waals surface area contributed by atoms with Crippen molar-refractivity contribution < 1.29 is 9.53 Å². The first kappa shape index (κ1) is 10.4. The zero-order valence-corrected chi connectivity index (χ0v) is 8.67. The van der Waals surface area contributed by atoms with E-state index in [0.29, 0.717) is 5.56 Å². The third kappa shape index (κ3) is 2.45. The summed E-state index contributed by atoms with van der Waals surface area (Å²) in [6, 6.07) is 7.32. The number of allylic oxidation sites excluding steroid dienone is 2. The molecular formula is C13H11NO2. The van der Waals surface area contributed by atoms with E-state index in [4.69, 9.17) is 4.74 Å². The van der Waals surface area contributed by atoms with Gasteiger partial charge in [-0.05, 0) is 24.3 Å². The summed E-state index contributed by atoms with van der Waals surface area (Å²) in [5.41, 5.74) is 1.50. The van der Waals surface area contributed by atoms with Crippen LogP contribution in [0.4, 0.5) is 5.69 Å². The Morgan fingerprint density at radius 3 is 2.62 bits per heavy atom. The second kappa shape index (κ2) is 5.07. The van der Waals surface area contributed by atoms with Gasteiger partial charge in [0, 0.05) is 5.56 Å². The highest BCUT2D eigenvalue weighted by atomic mass is 16.5. The third-order valence-corrected chi connectivity index (χ3v) is 2.10. The van der Waals surface area contributed by atoms with Crippen LogP contribution in [-0.4, -0.2) is 18.6 Å². The van der Waals surface area contributed by atoms with Crippen LogP contribution in [0.3, 0.4) is 0 Å². The Labute approximate surface area is 93.8 Å². The van der Waals surface area contributed by atoms with Gasteiger partial charge in [0.1, 0.15) is 6.61 Å². The molecule has 16 heavy (non-hydrogen) atoms. The van der Waals surface area contributed by atoms with Crippen LogP contribution in [0.1, 0.15) is 10.4 Å². The van der Waals surface area contributed by atoms with Gasteiger partial charge in [0.05, 0.1) is 18.2 Å². The predicted molar refractivity (Wildman–Crippen MR) is 63.2 cm³/mol. The van der Waals surface area contributed by atoms with Crippen molar-refractivity contribution in [3.05, 3.63) is 54.3 Å². The predicted octanol–water partition coefficient (Wildman–Crippen LogP) is 2.67. The second-order valence-corrected chi connectivity index (χ2v) is 3.23. The average Bonchev–Trinajstić information content (AvgIpc) is 2.75. The largest absolute Gasteiger partial charge is 0.497 e. The number of rotatable bonds is 0. The number of benzene rings is 1. The summed E-state index contributed by atoms with van der Waals surface area (Å²) in [4.78, 5) is 14.8. The molecule has 0 atom stereocenters. The molecule has 3 rings (SSSR count). The fourth-order valence-electron chi connectivity index (χ4n) is 1.34. The molecule has 0 fully saturated rings. The molecule has 80 valence electrons. The topological polar surface area (TPSA) is 38.7 Å². The Hall–Kier alpha value is -2.16. The molecular weight excluding hydrogens is 202 g/mol. The quantitative estimate of drug-likeness (QED) is 0.664. The molecule has 3 heteroatoms. The number of para-hydroxylation sites is 1. The molecule has 1 aromatic carbocycles. The highest BCUT2D eigenvalue weighted by molar-refractivity contribution is 6.39. The molecule has 0 radical (unpaired) electrons. The third-order valence-electron chi connectivity index (χ3n) is 2.10. The lowest BCUT2D eigenvalue weighted by molar-refractivity contribution is 0.107. The van der Waals surface area contributed by atoms with Crippen molar-refractivity contribution >= 4 is 17.7 Å². The minimum atomic E-state index is 0.00981. The summed E-state index contributed by atoms with van der Waals surface area (Å²) in [5.74, 6) is 0.00981. The lowest BCUT2D eigenvalue weighted by Crippen LogP contribution is -1.92.